The maximum atomic E-state index is 13.5. The van der Waals surface area contributed by atoms with E-state index >= 15 is 0 Å². The minimum atomic E-state index is -2.82. The van der Waals surface area contributed by atoms with Gasteiger partial charge in [-0.2, -0.15) is 10.1 Å². The molecule has 0 spiro atoms. The van der Waals surface area contributed by atoms with E-state index < -0.39 is 7.14 Å². The molecule has 4 aromatic rings. The molecule has 2 N–H and O–H groups in total. The first-order valence-electron chi connectivity index (χ1n) is 15.2. The highest BCUT2D eigenvalue weighted by molar-refractivity contribution is 9.10. The molecule has 0 saturated carbocycles. The maximum absolute atomic E-state index is 13.5. The maximum Gasteiger partial charge on any atom is 0.229 e. The predicted molar refractivity (Wildman–Crippen MR) is 199 cm³/mol. The molecule has 47 heavy (non-hydrogen) atoms. The number of benzene rings is 2. The van der Waals surface area contributed by atoms with E-state index in [1.165, 1.54) is 0 Å². The Morgan fingerprint density at radius 3 is 2.51 bits per heavy atom. The van der Waals surface area contributed by atoms with Gasteiger partial charge in [0.15, 0.2) is 0 Å². The summed E-state index contributed by atoms with van der Waals surface area (Å²) in [5.74, 6) is 1.47. The molecule has 3 heterocycles. The number of aryl methyl sites for hydroxylation is 1. The highest BCUT2D eigenvalue weighted by Crippen LogP contribution is 2.46. The molecular formula is C33H42BrN10O2P. The van der Waals surface area contributed by atoms with E-state index in [0.717, 1.165) is 36.4 Å². The lowest BCUT2D eigenvalue weighted by molar-refractivity contribution is 0.139. The van der Waals surface area contributed by atoms with Crippen LogP contribution in [0.15, 0.2) is 57.3 Å². The van der Waals surface area contributed by atoms with E-state index in [2.05, 4.69) is 96.2 Å². The summed E-state index contributed by atoms with van der Waals surface area (Å²) in [7, 11) is 2.92. The second-order valence-corrected chi connectivity index (χ2v) is 16.5. The lowest BCUT2D eigenvalue weighted by Crippen LogP contribution is -2.57. The highest BCUT2D eigenvalue weighted by Gasteiger charge is 2.33. The van der Waals surface area contributed by atoms with Gasteiger partial charge < -0.3 is 24.8 Å². The number of ether oxygens (including phenoxy) is 1. The molecule has 12 nitrogen and oxygen atoms in total. The Hall–Kier alpha value is -4.06. The number of nitrogens with one attached hydrogen (secondary N) is 2. The minimum Gasteiger partial charge on any atom is -0.494 e. The molecule has 14 heteroatoms. The first kappa shape index (κ1) is 34.3. The van der Waals surface area contributed by atoms with Crippen LogP contribution in [-0.4, -0.2) is 90.2 Å². The van der Waals surface area contributed by atoms with Crippen LogP contribution in [0.25, 0.3) is 11.1 Å². The summed E-state index contributed by atoms with van der Waals surface area (Å²) in [6.07, 6.45) is 7.19. The van der Waals surface area contributed by atoms with E-state index in [1.54, 1.807) is 50.5 Å². The number of anilines is 5. The van der Waals surface area contributed by atoms with Gasteiger partial charge in [-0.25, -0.2) is 4.98 Å². The molecule has 1 aliphatic heterocycles. The fourth-order valence-electron chi connectivity index (χ4n) is 5.70. The summed E-state index contributed by atoms with van der Waals surface area (Å²) in [5, 5.41) is 11.7. The molecule has 5 rings (SSSR count). The van der Waals surface area contributed by atoms with Crippen molar-refractivity contribution in [1.82, 2.24) is 24.6 Å². The molecule has 1 fully saturated rings. The van der Waals surface area contributed by atoms with Gasteiger partial charge in [-0.3, -0.25) is 19.6 Å². The van der Waals surface area contributed by atoms with E-state index in [9.17, 15) is 4.57 Å². The second kappa shape index (κ2) is 13.6. The molecule has 0 radical (unpaired) electrons. The lowest BCUT2D eigenvalue weighted by atomic mass is 9.97. The van der Waals surface area contributed by atoms with Crippen LogP contribution in [-0.2, 0) is 11.6 Å². The molecule has 0 bridgehead atoms. The number of halogens is 1. The van der Waals surface area contributed by atoms with Crippen molar-refractivity contribution in [3.05, 3.63) is 47.3 Å². The van der Waals surface area contributed by atoms with Gasteiger partial charge in [0.1, 0.15) is 24.4 Å². The predicted octanol–water partition coefficient (Wildman–Crippen LogP) is 6.97. The normalized spacial score (nSPS) is 15.2. The second-order valence-electron chi connectivity index (χ2n) is 12.5. The Kier molecular flexibility index (Phi) is 9.91. The van der Waals surface area contributed by atoms with Crippen LogP contribution in [0.5, 0.6) is 5.75 Å². The number of piperazine rings is 1. The molecule has 0 amide bonds. The van der Waals surface area contributed by atoms with Crippen LogP contribution in [0.2, 0.25) is 0 Å². The average Bonchev–Trinajstić information content (AvgIpc) is 3.45. The van der Waals surface area contributed by atoms with Crippen molar-refractivity contribution >= 4 is 81.5 Å². The molecule has 2 aromatic heterocycles. The monoisotopic (exact) mass is 720 g/mol. The van der Waals surface area contributed by atoms with E-state index in [1.807, 2.05) is 25.5 Å². The lowest BCUT2D eigenvalue weighted by Gasteiger charge is -2.46. The van der Waals surface area contributed by atoms with Gasteiger partial charge in [0, 0.05) is 73.7 Å². The van der Waals surface area contributed by atoms with Gasteiger partial charge in [-0.15, -0.1) is 0 Å². The first-order valence-corrected chi connectivity index (χ1v) is 18.6. The van der Waals surface area contributed by atoms with Crippen LogP contribution in [0.1, 0.15) is 20.8 Å². The van der Waals surface area contributed by atoms with Crippen molar-refractivity contribution < 1.29 is 9.30 Å². The van der Waals surface area contributed by atoms with Gasteiger partial charge in [0.05, 0.1) is 40.1 Å². The van der Waals surface area contributed by atoms with Crippen molar-refractivity contribution in [2.45, 2.75) is 26.3 Å². The third-order valence-electron chi connectivity index (χ3n) is 8.33. The minimum absolute atomic E-state index is 0.00138. The number of hydrogen-bond donors (Lipinski definition) is 2. The molecule has 2 aromatic carbocycles. The quantitative estimate of drug-likeness (QED) is 0.132. The SMILES string of the molecule is C=Nc1ccc(Nc2nc(Nc3cc(-c4cnn(C)c4)c(N4CCN(C)C(C)(C)C4)cc3OC)ncc2Br)c(P(C)(C)=O)c1/N=C\C. The number of aromatic nitrogens is 4. The smallest absolute Gasteiger partial charge is 0.229 e. The summed E-state index contributed by atoms with van der Waals surface area (Å²) >= 11 is 3.58. The van der Waals surface area contributed by atoms with E-state index in [4.69, 9.17) is 9.72 Å². The van der Waals surface area contributed by atoms with Gasteiger partial charge in [0.2, 0.25) is 5.95 Å². The van der Waals surface area contributed by atoms with E-state index in [0.29, 0.717) is 50.0 Å². The number of aliphatic imine (C=N–C) groups is 2. The van der Waals surface area contributed by atoms with Crippen molar-refractivity contribution in [3.63, 3.8) is 0 Å². The largest absolute Gasteiger partial charge is 0.494 e. The molecule has 1 saturated heterocycles. The summed E-state index contributed by atoms with van der Waals surface area (Å²) in [5.41, 5.74) is 5.44. The topological polar surface area (TPSA) is 125 Å². The van der Waals surface area contributed by atoms with Gasteiger partial charge in [-0.1, -0.05) is 0 Å². The van der Waals surface area contributed by atoms with E-state index in [-0.39, 0.29) is 5.54 Å². The number of nitrogens with zero attached hydrogens (tertiary/aromatic N) is 8. The van der Waals surface area contributed by atoms with Crippen LogP contribution >= 0.6 is 23.1 Å². The summed E-state index contributed by atoms with van der Waals surface area (Å²) < 4.78 is 21.9. The van der Waals surface area contributed by atoms with Crippen LogP contribution < -0.4 is 25.6 Å². The number of rotatable bonds is 10. The fraction of sp³-hybridized carbons (Fsp3) is 0.364. The number of likely N-dealkylation sites (N-methyl/N-ethyl adjacent to an activating group) is 1. The Bertz CT molecular complexity index is 1880. The van der Waals surface area contributed by atoms with Crippen molar-refractivity contribution in [2.24, 2.45) is 17.0 Å². The highest BCUT2D eigenvalue weighted by atomic mass is 79.9. The van der Waals surface area contributed by atoms with Crippen LogP contribution in [0, 0.1) is 0 Å². The summed E-state index contributed by atoms with van der Waals surface area (Å²) in [6, 6.07) is 7.74. The van der Waals surface area contributed by atoms with Crippen molar-refractivity contribution in [2.75, 3.05) is 62.7 Å². The van der Waals surface area contributed by atoms with Gasteiger partial charge in [0.25, 0.3) is 0 Å². The van der Waals surface area contributed by atoms with Crippen LogP contribution in [0.3, 0.4) is 0 Å². The Labute approximate surface area is 284 Å². The standard InChI is InChI=1S/C33H42BrN10O2P/c1-10-36-29-24(35-4)11-12-25(30(29)47(8,9)45)39-31-23(34)18-37-32(41-31)40-26-15-22(21-17-38-43(6)19-21)27(16-28(26)46-7)44-14-13-42(5)33(2,3)20-44/h10-12,15-19H,4,13-14,20H2,1-3,5-9H3,(H2,37,39,40,41)/b36-10-. The van der Waals surface area contributed by atoms with Crippen molar-refractivity contribution in [1.29, 1.82) is 0 Å². The Morgan fingerprint density at radius 2 is 1.89 bits per heavy atom. The summed E-state index contributed by atoms with van der Waals surface area (Å²) in [4.78, 5) is 22.7. The number of hydrogen-bond acceptors (Lipinski definition) is 11. The fourth-order valence-corrected chi connectivity index (χ4v) is 7.38. The number of methoxy groups -OCH3 is 1. The van der Waals surface area contributed by atoms with Crippen LogP contribution in [0.4, 0.5) is 40.2 Å². The molecule has 0 aliphatic carbocycles. The third-order valence-corrected chi connectivity index (χ3v) is 10.4. The van der Waals surface area contributed by atoms with Crippen molar-refractivity contribution in [3.8, 4) is 16.9 Å². The zero-order valence-corrected chi connectivity index (χ0v) is 30.6. The first-order chi connectivity index (χ1) is 22.2. The molecule has 1 aliphatic rings. The molecule has 0 unspecified atom stereocenters. The Balaban J connectivity index is 1.55. The summed E-state index contributed by atoms with van der Waals surface area (Å²) in [6.45, 7) is 16.1. The third kappa shape index (κ3) is 7.27. The molecule has 248 valence electrons. The van der Waals surface area contributed by atoms with Gasteiger partial charge >= 0.3 is 0 Å². The van der Waals surface area contributed by atoms with Gasteiger partial charge in [-0.05, 0) is 82.0 Å². The Morgan fingerprint density at radius 1 is 1.13 bits per heavy atom. The zero-order valence-electron chi connectivity index (χ0n) is 28.2. The molecular weight excluding hydrogens is 679 g/mol. The average molecular weight is 722 g/mol. The zero-order chi connectivity index (χ0) is 34.1. The molecule has 0 atom stereocenters.